The fourth-order valence-corrected chi connectivity index (χ4v) is 2.02. The van der Waals surface area contributed by atoms with Gasteiger partial charge in [0.2, 0.25) is 17.2 Å². The van der Waals surface area contributed by atoms with Crippen LogP contribution in [0.2, 0.25) is 5.28 Å². The Balaban J connectivity index is 2.09. The fraction of sp³-hybridized carbons (Fsp3) is 0.727. The van der Waals surface area contributed by atoms with Crippen molar-refractivity contribution in [2.24, 2.45) is 0 Å². The maximum absolute atomic E-state index is 9.48. The second-order valence-corrected chi connectivity index (χ2v) is 4.71. The molecule has 0 amide bonds. The number of aliphatic hydroxyl groups is 1. The fourth-order valence-electron chi connectivity index (χ4n) is 1.86. The van der Waals surface area contributed by atoms with Gasteiger partial charge in [0.25, 0.3) is 0 Å². The highest BCUT2D eigenvalue weighted by Gasteiger charge is 2.20. The van der Waals surface area contributed by atoms with Crippen LogP contribution < -0.4 is 10.2 Å². The van der Waals surface area contributed by atoms with Gasteiger partial charge in [0, 0.05) is 19.6 Å². The largest absolute Gasteiger partial charge is 0.393 e. The summed E-state index contributed by atoms with van der Waals surface area (Å²) in [6.45, 7) is 4.37. The van der Waals surface area contributed by atoms with Crippen molar-refractivity contribution >= 4 is 23.5 Å². The molecule has 1 fully saturated rings. The lowest BCUT2D eigenvalue weighted by molar-refractivity contribution is 0.145. The van der Waals surface area contributed by atoms with Crippen LogP contribution in [0.25, 0.3) is 0 Å². The molecule has 0 saturated carbocycles. The zero-order chi connectivity index (χ0) is 13.0. The third-order valence-corrected chi connectivity index (χ3v) is 3.05. The van der Waals surface area contributed by atoms with E-state index in [9.17, 15) is 5.11 Å². The van der Waals surface area contributed by atoms with Crippen LogP contribution in [0.4, 0.5) is 11.9 Å². The van der Waals surface area contributed by atoms with E-state index in [-0.39, 0.29) is 11.4 Å². The topological polar surface area (TPSA) is 74.2 Å². The van der Waals surface area contributed by atoms with Crippen molar-refractivity contribution in [3.05, 3.63) is 5.28 Å². The number of piperidine rings is 1. The highest BCUT2D eigenvalue weighted by atomic mass is 35.5. The molecule has 0 aliphatic carbocycles. The molecule has 18 heavy (non-hydrogen) atoms. The SMILES string of the molecule is CCCNc1nc(Cl)nc(N2CCC(O)CC2)n1. The van der Waals surface area contributed by atoms with E-state index >= 15 is 0 Å². The van der Waals surface area contributed by atoms with E-state index in [0.717, 1.165) is 38.9 Å². The molecule has 1 aromatic heterocycles. The molecule has 100 valence electrons. The van der Waals surface area contributed by atoms with Gasteiger partial charge in [0.15, 0.2) is 0 Å². The van der Waals surface area contributed by atoms with Gasteiger partial charge in [0.05, 0.1) is 6.10 Å². The van der Waals surface area contributed by atoms with Crippen LogP contribution >= 0.6 is 11.6 Å². The zero-order valence-corrected chi connectivity index (χ0v) is 11.2. The van der Waals surface area contributed by atoms with Gasteiger partial charge in [-0.05, 0) is 30.9 Å². The smallest absolute Gasteiger partial charge is 0.231 e. The van der Waals surface area contributed by atoms with Crippen molar-refractivity contribution in [1.29, 1.82) is 0 Å². The number of halogens is 1. The summed E-state index contributed by atoms with van der Waals surface area (Å²) in [4.78, 5) is 14.5. The van der Waals surface area contributed by atoms with E-state index in [4.69, 9.17) is 11.6 Å². The molecule has 1 aliphatic heterocycles. The quantitative estimate of drug-likeness (QED) is 0.860. The molecular weight excluding hydrogens is 254 g/mol. The Morgan fingerprint density at radius 3 is 2.72 bits per heavy atom. The number of hydrogen-bond donors (Lipinski definition) is 2. The highest BCUT2D eigenvalue weighted by molar-refractivity contribution is 6.28. The predicted octanol–water partition coefficient (Wildman–Crippen LogP) is 1.31. The van der Waals surface area contributed by atoms with Gasteiger partial charge >= 0.3 is 0 Å². The predicted molar refractivity (Wildman–Crippen MR) is 71.1 cm³/mol. The molecule has 6 nitrogen and oxygen atoms in total. The minimum atomic E-state index is -0.212. The van der Waals surface area contributed by atoms with Gasteiger partial charge in [-0.1, -0.05) is 6.92 Å². The Bertz CT molecular complexity index is 395. The monoisotopic (exact) mass is 271 g/mol. The number of hydrogen-bond acceptors (Lipinski definition) is 6. The van der Waals surface area contributed by atoms with Crippen LogP contribution in [0.3, 0.4) is 0 Å². The first kappa shape index (κ1) is 13.3. The minimum Gasteiger partial charge on any atom is -0.393 e. The van der Waals surface area contributed by atoms with Crippen LogP contribution in [-0.2, 0) is 0 Å². The van der Waals surface area contributed by atoms with E-state index in [1.54, 1.807) is 0 Å². The summed E-state index contributed by atoms with van der Waals surface area (Å²) < 4.78 is 0. The van der Waals surface area contributed by atoms with Crippen molar-refractivity contribution in [3.63, 3.8) is 0 Å². The molecule has 7 heteroatoms. The van der Waals surface area contributed by atoms with Gasteiger partial charge in [-0.2, -0.15) is 15.0 Å². The zero-order valence-electron chi connectivity index (χ0n) is 10.4. The number of aliphatic hydroxyl groups excluding tert-OH is 1. The van der Waals surface area contributed by atoms with Gasteiger partial charge in [-0.15, -0.1) is 0 Å². The van der Waals surface area contributed by atoms with Crippen molar-refractivity contribution in [3.8, 4) is 0 Å². The van der Waals surface area contributed by atoms with E-state index in [1.165, 1.54) is 0 Å². The Kier molecular flexibility index (Phi) is 4.54. The summed E-state index contributed by atoms with van der Waals surface area (Å²) in [6, 6.07) is 0. The summed E-state index contributed by atoms with van der Waals surface area (Å²) in [7, 11) is 0. The van der Waals surface area contributed by atoms with E-state index in [1.807, 2.05) is 4.90 Å². The van der Waals surface area contributed by atoms with Gasteiger partial charge in [-0.25, -0.2) is 0 Å². The van der Waals surface area contributed by atoms with Gasteiger partial charge in [0.1, 0.15) is 0 Å². The molecule has 0 atom stereocenters. The first-order valence-corrected chi connectivity index (χ1v) is 6.65. The lowest BCUT2D eigenvalue weighted by Gasteiger charge is -2.29. The Morgan fingerprint density at radius 1 is 1.33 bits per heavy atom. The first-order chi connectivity index (χ1) is 8.69. The van der Waals surface area contributed by atoms with Crippen LogP contribution in [0, 0.1) is 0 Å². The lowest BCUT2D eigenvalue weighted by atomic mass is 10.1. The minimum absolute atomic E-state index is 0.199. The molecular formula is C11H18ClN5O. The van der Waals surface area contributed by atoms with Gasteiger partial charge in [-0.3, -0.25) is 0 Å². The van der Waals surface area contributed by atoms with Crippen LogP contribution in [-0.4, -0.2) is 45.8 Å². The molecule has 1 aromatic rings. The average molecular weight is 272 g/mol. The molecule has 1 aliphatic rings. The first-order valence-electron chi connectivity index (χ1n) is 6.27. The highest BCUT2D eigenvalue weighted by Crippen LogP contribution is 2.18. The van der Waals surface area contributed by atoms with Crippen LogP contribution in [0.15, 0.2) is 0 Å². The summed E-state index contributed by atoms with van der Waals surface area (Å²) in [5, 5.41) is 12.8. The third kappa shape index (κ3) is 3.43. The molecule has 0 radical (unpaired) electrons. The summed E-state index contributed by atoms with van der Waals surface area (Å²) in [5.74, 6) is 1.10. The summed E-state index contributed by atoms with van der Waals surface area (Å²) in [5.41, 5.74) is 0. The molecule has 0 spiro atoms. The van der Waals surface area contributed by atoms with E-state index < -0.39 is 0 Å². The molecule has 0 aromatic carbocycles. The van der Waals surface area contributed by atoms with Crippen LogP contribution in [0.5, 0.6) is 0 Å². The van der Waals surface area contributed by atoms with Gasteiger partial charge < -0.3 is 15.3 Å². The lowest BCUT2D eigenvalue weighted by Crippen LogP contribution is -2.37. The standard InChI is InChI=1S/C11H18ClN5O/c1-2-5-13-10-14-9(12)15-11(16-10)17-6-3-8(18)4-7-17/h8,18H,2-7H2,1H3,(H,13,14,15,16). The normalized spacial score (nSPS) is 16.9. The molecule has 2 rings (SSSR count). The molecule has 0 bridgehead atoms. The van der Waals surface area contributed by atoms with Crippen molar-refractivity contribution < 1.29 is 5.11 Å². The number of nitrogens with one attached hydrogen (secondary N) is 1. The summed E-state index contributed by atoms with van der Waals surface area (Å²) >= 11 is 5.90. The average Bonchev–Trinajstić information content (AvgIpc) is 2.36. The Morgan fingerprint density at radius 2 is 2.06 bits per heavy atom. The molecule has 2 N–H and O–H groups in total. The number of anilines is 2. The number of aromatic nitrogens is 3. The second-order valence-electron chi connectivity index (χ2n) is 4.37. The molecule has 2 heterocycles. The second kappa shape index (κ2) is 6.15. The maximum atomic E-state index is 9.48. The molecule has 0 unspecified atom stereocenters. The van der Waals surface area contributed by atoms with E-state index in [0.29, 0.717) is 11.9 Å². The van der Waals surface area contributed by atoms with E-state index in [2.05, 4.69) is 27.2 Å². The molecule has 1 saturated heterocycles. The maximum Gasteiger partial charge on any atom is 0.231 e. The van der Waals surface area contributed by atoms with Crippen LogP contribution in [0.1, 0.15) is 26.2 Å². The Labute approximate surface area is 111 Å². The third-order valence-electron chi connectivity index (χ3n) is 2.88. The number of nitrogens with zero attached hydrogens (tertiary/aromatic N) is 4. The summed E-state index contributed by atoms with van der Waals surface area (Å²) in [6.07, 6.45) is 2.26. The van der Waals surface area contributed by atoms with Crippen molar-refractivity contribution in [1.82, 2.24) is 15.0 Å². The Hall–Kier alpha value is -1.14. The number of rotatable bonds is 4. The van der Waals surface area contributed by atoms with Crippen molar-refractivity contribution in [2.45, 2.75) is 32.3 Å². The van der Waals surface area contributed by atoms with Crippen molar-refractivity contribution in [2.75, 3.05) is 29.9 Å².